The molecule has 0 heterocycles. The molecule has 0 unspecified atom stereocenters. The first-order chi connectivity index (χ1) is 8.29. The highest BCUT2D eigenvalue weighted by Gasteiger charge is 2.15. The van der Waals surface area contributed by atoms with Gasteiger partial charge in [0.2, 0.25) is 0 Å². The molecular formula is C10H12N2O6. The van der Waals surface area contributed by atoms with Crippen molar-refractivity contribution >= 4 is 17.3 Å². The summed E-state index contributed by atoms with van der Waals surface area (Å²) in [5, 5.41) is 28.4. The summed E-state index contributed by atoms with van der Waals surface area (Å²) in [6, 6.07) is 3.55. The van der Waals surface area contributed by atoms with Gasteiger partial charge in [0.1, 0.15) is 0 Å². The number of carbonyl (C=O) groups is 1. The lowest BCUT2D eigenvalue weighted by molar-refractivity contribution is -0.394. The first-order valence-corrected chi connectivity index (χ1v) is 4.90. The van der Waals surface area contributed by atoms with Gasteiger partial charge in [-0.3, -0.25) is 25.0 Å². The van der Waals surface area contributed by atoms with Gasteiger partial charge in [-0.1, -0.05) is 6.92 Å². The molecule has 8 nitrogen and oxygen atoms in total. The fourth-order valence-electron chi connectivity index (χ4n) is 0.908. The topological polar surface area (TPSA) is 124 Å². The lowest BCUT2D eigenvalue weighted by Gasteiger charge is -1.95. The molecule has 1 N–H and O–H groups in total. The van der Waals surface area contributed by atoms with E-state index < -0.39 is 15.8 Å². The molecule has 0 amide bonds. The van der Waals surface area contributed by atoms with Crippen LogP contribution in [0.25, 0.3) is 0 Å². The average molecular weight is 256 g/mol. The Bertz CT molecular complexity index is 471. The van der Waals surface area contributed by atoms with Crippen LogP contribution < -0.4 is 0 Å². The lowest BCUT2D eigenvalue weighted by Crippen LogP contribution is -1.94. The Balaban J connectivity index is 0.000000494. The van der Waals surface area contributed by atoms with Gasteiger partial charge in [0.05, 0.1) is 15.9 Å². The van der Waals surface area contributed by atoms with Crippen molar-refractivity contribution in [1.29, 1.82) is 0 Å². The molecule has 1 aromatic rings. The summed E-state index contributed by atoms with van der Waals surface area (Å²) in [7, 11) is 0. The van der Waals surface area contributed by atoms with Gasteiger partial charge < -0.3 is 5.11 Å². The van der Waals surface area contributed by atoms with Crippen LogP contribution in [-0.4, -0.2) is 20.9 Å². The summed E-state index contributed by atoms with van der Waals surface area (Å²) in [5.41, 5.74) is -0.0814. The zero-order valence-corrected chi connectivity index (χ0v) is 9.82. The van der Waals surface area contributed by atoms with E-state index in [2.05, 4.69) is 0 Å². The second-order valence-corrected chi connectivity index (χ2v) is 3.23. The highest BCUT2D eigenvalue weighted by Crippen LogP contribution is 2.23. The summed E-state index contributed by atoms with van der Waals surface area (Å²) in [6.07, 6.45) is 0.222. The lowest BCUT2D eigenvalue weighted by atomic mass is 10.2. The standard InChI is InChI=1S/C7H6N2O4.C3H6O2/c1-5-2-3-6(8(10)11)4-7(5)9(12)13;1-2-3(4)5/h2-4H,1H3;2H2,1H3,(H,4,5). The molecule has 0 aromatic heterocycles. The van der Waals surface area contributed by atoms with Crippen LogP contribution in [-0.2, 0) is 4.79 Å². The maximum Gasteiger partial charge on any atom is 0.303 e. The van der Waals surface area contributed by atoms with Gasteiger partial charge >= 0.3 is 5.97 Å². The van der Waals surface area contributed by atoms with Crippen LogP contribution in [0.3, 0.4) is 0 Å². The summed E-state index contributed by atoms with van der Waals surface area (Å²) in [6.45, 7) is 3.13. The fourth-order valence-corrected chi connectivity index (χ4v) is 0.908. The molecular weight excluding hydrogens is 244 g/mol. The second kappa shape index (κ2) is 6.94. The van der Waals surface area contributed by atoms with Crippen LogP contribution in [0.4, 0.5) is 11.4 Å². The Labute approximate surface area is 102 Å². The van der Waals surface area contributed by atoms with Gasteiger partial charge in [0.25, 0.3) is 11.4 Å². The third kappa shape index (κ3) is 5.01. The quantitative estimate of drug-likeness (QED) is 0.653. The van der Waals surface area contributed by atoms with Crippen LogP contribution in [0.1, 0.15) is 18.9 Å². The van der Waals surface area contributed by atoms with Crippen molar-refractivity contribution in [2.24, 2.45) is 0 Å². The third-order valence-corrected chi connectivity index (χ3v) is 1.90. The number of hydrogen-bond donors (Lipinski definition) is 1. The average Bonchev–Trinajstić information content (AvgIpc) is 2.29. The zero-order chi connectivity index (χ0) is 14.3. The number of hydrogen-bond acceptors (Lipinski definition) is 5. The van der Waals surface area contributed by atoms with Gasteiger partial charge in [-0.2, -0.15) is 0 Å². The SMILES string of the molecule is CCC(=O)O.Cc1ccc([N+](=O)[O-])cc1[N+](=O)[O-]. The minimum Gasteiger partial charge on any atom is -0.481 e. The number of nitro benzene ring substituents is 2. The van der Waals surface area contributed by atoms with Gasteiger partial charge in [-0.05, 0) is 13.0 Å². The predicted molar refractivity (Wildman–Crippen MR) is 62.4 cm³/mol. The molecule has 0 radical (unpaired) electrons. The fraction of sp³-hybridized carbons (Fsp3) is 0.300. The zero-order valence-electron chi connectivity index (χ0n) is 9.82. The van der Waals surface area contributed by atoms with E-state index in [0.29, 0.717) is 5.56 Å². The molecule has 0 aliphatic rings. The summed E-state index contributed by atoms with van der Waals surface area (Å²) < 4.78 is 0. The van der Waals surface area contributed by atoms with Gasteiger partial charge in [-0.25, -0.2) is 0 Å². The van der Waals surface area contributed by atoms with Crippen LogP contribution in [0.5, 0.6) is 0 Å². The van der Waals surface area contributed by atoms with Crippen molar-refractivity contribution in [2.75, 3.05) is 0 Å². The summed E-state index contributed by atoms with van der Waals surface area (Å²) in [4.78, 5) is 28.7. The normalized spacial score (nSPS) is 9.00. The molecule has 18 heavy (non-hydrogen) atoms. The van der Waals surface area contributed by atoms with E-state index >= 15 is 0 Å². The first-order valence-electron chi connectivity index (χ1n) is 4.90. The number of aryl methyl sites for hydroxylation is 1. The van der Waals surface area contributed by atoms with E-state index in [1.807, 2.05) is 0 Å². The molecule has 1 rings (SSSR count). The van der Waals surface area contributed by atoms with E-state index in [4.69, 9.17) is 5.11 Å². The molecule has 0 saturated carbocycles. The number of aliphatic carboxylic acids is 1. The molecule has 0 aliphatic carbocycles. The Hall–Kier alpha value is -2.51. The van der Waals surface area contributed by atoms with Crippen molar-refractivity contribution in [3.63, 3.8) is 0 Å². The molecule has 0 fully saturated rings. The van der Waals surface area contributed by atoms with E-state index in [0.717, 1.165) is 6.07 Å². The van der Waals surface area contributed by atoms with Gasteiger partial charge in [0.15, 0.2) is 0 Å². The van der Waals surface area contributed by atoms with Crippen LogP contribution in [0.15, 0.2) is 18.2 Å². The molecule has 8 heteroatoms. The Morgan fingerprint density at radius 1 is 1.28 bits per heavy atom. The largest absolute Gasteiger partial charge is 0.481 e. The molecule has 1 aromatic carbocycles. The third-order valence-electron chi connectivity index (χ3n) is 1.90. The summed E-state index contributed by atoms with van der Waals surface area (Å²) in [5.74, 6) is -0.745. The number of carboxylic acid groups (broad SMARTS) is 1. The Morgan fingerprint density at radius 2 is 1.78 bits per heavy atom. The molecule has 0 atom stereocenters. The Morgan fingerprint density at radius 3 is 2.11 bits per heavy atom. The number of benzene rings is 1. The monoisotopic (exact) mass is 256 g/mol. The van der Waals surface area contributed by atoms with Gasteiger partial charge in [-0.15, -0.1) is 0 Å². The van der Waals surface area contributed by atoms with E-state index in [-0.39, 0.29) is 17.8 Å². The number of carboxylic acids is 1. The van der Waals surface area contributed by atoms with E-state index in [1.54, 1.807) is 6.92 Å². The van der Waals surface area contributed by atoms with Crippen molar-refractivity contribution in [3.8, 4) is 0 Å². The first kappa shape index (κ1) is 15.5. The maximum atomic E-state index is 10.4. The molecule has 0 spiro atoms. The van der Waals surface area contributed by atoms with Crippen LogP contribution >= 0.6 is 0 Å². The summed E-state index contributed by atoms with van der Waals surface area (Å²) >= 11 is 0. The minimum absolute atomic E-state index is 0.222. The van der Waals surface area contributed by atoms with E-state index in [9.17, 15) is 25.0 Å². The van der Waals surface area contributed by atoms with Crippen LogP contribution in [0, 0.1) is 27.2 Å². The Kier molecular flexibility index (Phi) is 5.97. The van der Waals surface area contributed by atoms with Crippen molar-refractivity contribution < 1.29 is 19.7 Å². The molecule has 0 bridgehead atoms. The van der Waals surface area contributed by atoms with Gasteiger partial charge in [0, 0.05) is 18.1 Å². The smallest absolute Gasteiger partial charge is 0.303 e. The molecule has 0 aliphatic heterocycles. The van der Waals surface area contributed by atoms with Crippen molar-refractivity contribution in [1.82, 2.24) is 0 Å². The maximum absolute atomic E-state index is 10.4. The van der Waals surface area contributed by atoms with Crippen molar-refractivity contribution in [3.05, 3.63) is 44.0 Å². The number of nitro groups is 2. The number of nitrogens with zero attached hydrogens (tertiary/aromatic N) is 2. The molecule has 98 valence electrons. The number of non-ortho nitro benzene ring substituents is 1. The van der Waals surface area contributed by atoms with Crippen LogP contribution in [0.2, 0.25) is 0 Å². The highest BCUT2D eigenvalue weighted by molar-refractivity contribution is 5.66. The number of rotatable bonds is 3. The predicted octanol–water partition coefficient (Wildman–Crippen LogP) is 2.29. The van der Waals surface area contributed by atoms with Crippen molar-refractivity contribution in [2.45, 2.75) is 20.3 Å². The highest BCUT2D eigenvalue weighted by atomic mass is 16.6. The van der Waals surface area contributed by atoms with E-state index in [1.165, 1.54) is 19.1 Å². The molecule has 0 saturated heterocycles. The second-order valence-electron chi connectivity index (χ2n) is 3.23. The minimum atomic E-state index is -0.745.